The summed E-state index contributed by atoms with van der Waals surface area (Å²) in [6.07, 6.45) is 0.0308. The number of halogens is 1. The highest BCUT2D eigenvalue weighted by atomic mass is 35.5. The van der Waals surface area contributed by atoms with Gasteiger partial charge in [0.1, 0.15) is 5.78 Å². The van der Waals surface area contributed by atoms with Gasteiger partial charge in [-0.25, -0.2) is 16.8 Å². The molecule has 7 nitrogen and oxygen atoms in total. The molecule has 0 spiro atoms. The zero-order valence-corrected chi connectivity index (χ0v) is 26.8. The molecule has 10 heteroatoms. The number of aryl methyl sites for hydroxylation is 2. The molecule has 4 atom stereocenters. The molecule has 6 rings (SSSR count). The molecule has 4 aromatic carbocycles. The third-order valence-corrected chi connectivity index (χ3v) is 13.0. The van der Waals surface area contributed by atoms with Crippen LogP contribution in [0.3, 0.4) is 0 Å². The Morgan fingerprint density at radius 2 is 1.32 bits per heavy atom. The number of Topliss-reactive ketones (excluding diaryl/α,β-unsaturated/α-hetero) is 1. The summed E-state index contributed by atoms with van der Waals surface area (Å²) in [5, 5.41) is 0.501. The summed E-state index contributed by atoms with van der Waals surface area (Å²) in [7, 11) is -8.16. The van der Waals surface area contributed by atoms with Crippen LogP contribution in [0.2, 0.25) is 5.02 Å². The number of ketones is 1. The van der Waals surface area contributed by atoms with E-state index in [1.54, 1.807) is 79.7 Å². The second-order valence-electron chi connectivity index (χ2n) is 11.6. The van der Waals surface area contributed by atoms with E-state index in [-0.39, 0.29) is 35.0 Å². The Bertz CT molecular complexity index is 1900. The average Bonchev–Trinajstić information content (AvgIpc) is 3.01. The van der Waals surface area contributed by atoms with Crippen molar-refractivity contribution in [3.8, 4) is 0 Å². The van der Waals surface area contributed by atoms with Crippen LogP contribution in [0.4, 0.5) is 0 Å². The van der Waals surface area contributed by atoms with Crippen LogP contribution in [0.1, 0.15) is 47.2 Å². The molecular formula is C34H33ClN2O5S2. The van der Waals surface area contributed by atoms with Gasteiger partial charge in [0.05, 0.1) is 21.9 Å². The number of fused-ring (bicyclic) bond motifs is 1. The van der Waals surface area contributed by atoms with Crippen molar-refractivity contribution in [1.29, 1.82) is 0 Å². The van der Waals surface area contributed by atoms with Crippen LogP contribution in [-0.4, -0.2) is 43.8 Å². The molecule has 0 aromatic heterocycles. The average molecular weight is 649 g/mol. The predicted molar refractivity (Wildman–Crippen MR) is 170 cm³/mol. The third kappa shape index (κ3) is 5.52. The summed E-state index contributed by atoms with van der Waals surface area (Å²) in [6.45, 7) is 3.50. The molecule has 2 aliphatic heterocycles. The lowest BCUT2D eigenvalue weighted by atomic mass is 9.77. The van der Waals surface area contributed by atoms with Crippen molar-refractivity contribution in [2.24, 2.45) is 5.92 Å². The number of piperidine rings is 2. The zero-order chi connectivity index (χ0) is 31.2. The molecular weight excluding hydrogens is 616 g/mol. The summed E-state index contributed by atoms with van der Waals surface area (Å²) in [6, 6.07) is 27.3. The Morgan fingerprint density at radius 3 is 1.98 bits per heavy atom. The number of hydrogen-bond donors (Lipinski definition) is 0. The largest absolute Gasteiger partial charge is 0.299 e. The molecule has 4 aromatic rings. The minimum Gasteiger partial charge on any atom is -0.299 e. The number of carbonyl (C=O) groups is 1. The van der Waals surface area contributed by atoms with Crippen LogP contribution in [0.25, 0.3) is 0 Å². The molecule has 0 bridgehead atoms. The third-order valence-electron chi connectivity index (χ3n) is 8.81. The minimum atomic E-state index is -4.13. The van der Waals surface area contributed by atoms with E-state index in [1.165, 1.54) is 8.61 Å². The molecule has 2 fully saturated rings. The van der Waals surface area contributed by atoms with Crippen molar-refractivity contribution in [2.75, 3.05) is 6.54 Å². The van der Waals surface area contributed by atoms with E-state index in [4.69, 9.17) is 11.6 Å². The van der Waals surface area contributed by atoms with Gasteiger partial charge in [0, 0.05) is 29.9 Å². The number of nitrogens with zero attached hydrogens (tertiary/aromatic N) is 2. The van der Waals surface area contributed by atoms with Gasteiger partial charge in [-0.15, -0.1) is 0 Å². The number of rotatable bonds is 6. The second-order valence-corrected chi connectivity index (χ2v) is 15.7. The lowest BCUT2D eigenvalue weighted by Crippen LogP contribution is -2.61. The van der Waals surface area contributed by atoms with Crippen LogP contribution in [0, 0.1) is 19.8 Å². The van der Waals surface area contributed by atoms with Crippen LogP contribution in [0.5, 0.6) is 0 Å². The minimum absolute atomic E-state index is 0.0810. The first-order valence-corrected chi connectivity index (χ1v) is 17.7. The lowest BCUT2D eigenvalue weighted by molar-refractivity contribution is -0.132. The number of hydrogen-bond acceptors (Lipinski definition) is 5. The van der Waals surface area contributed by atoms with Gasteiger partial charge in [0.15, 0.2) is 0 Å². The Labute approximate surface area is 264 Å². The highest BCUT2D eigenvalue weighted by Gasteiger charge is 2.54. The summed E-state index contributed by atoms with van der Waals surface area (Å²) in [5.41, 5.74) is 2.91. The maximum absolute atomic E-state index is 14.7. The van der Waals surface area contributed by atoms with E-state index in [2.05, 4.69) is 0 Å². The summed E-state index contributed by atoms with van der Waals surface area (Å²) < 4.78 is 60.6. The van der Waals surface area contributed by atoms with Crippen molar-refractivity contribution >= 4 is 37.4 Å². The first-order chi connectivity index (χ1) is 21.0. The standard InChI is InChI=1S/C34H33ClN2O5S2/c1-23-12-18-28(19-13-23)43(39,40)36-22-29-32(20-30(36)25-9-4-3-5-10-25)37(44(41,42)34-11-7-6-8-24(34)2)31(21-33(29)38)26-14-16-27(35)17-15-26/h3-19,29-32H,20-22H2,1-2H3/t29-,30?,31+,32+/m1/s1. The fourth-order valence-electron chi connectivity index (χ4n) is 6.56. The molecule has 0 saturated carbocycles. The SMILES string of the molecule is Cc1ccc(S(=O)(=O)N2C[C@H]3C(=O)C[C@@H](c4ccc(Cl)cc4)N(S(=O)(=O)c4ccccc4C)[C@H]3CC2c2ccccc2)cc1. The molecule has 44 heavy (non-hydrogen) atoms. The van der Waals surface area contributed by atoms with Crippen molar-refractivity contribution in [3.05, 3.63) is 130 Å². The van der Waals surface area contributed by atoms with E-state index in [1.807, 2.05) is 37.3 Å². The molecule has 0 N–H and O–H groups in total. The summed E-state index contributed by atoms with van der Waals surface area (Å²) >= 11 is 6.18. The van der Waals surface area contributed by atoms with E-state index in [9.17, 15) is 21.6 Å². The highest BCUT2D eigenvalue weighted by molar-refractivity contribution is 7.89. The molecule has 1 unspecified atom stereocenters. The van der Waals surface area contributed by atoms with Gasteiger partial charge in [-0.05, 0) is 67.3 Å². The number of benzene rings is 4. The molecule has 0 amide bonds. The monoisotopic (exact) mass is 648 g/mol. The van der Waals surface area contributed by atoms with Gasteiger partial charge in [-0.3, -0.25) is 4.79 Å². The summed E-state index contributed by atoms with van der Waals surface area (Å²) in [4.78, 5) is 14.3. The smallest absolute Gasteiger partial charge is 0.244 e. The van der Waals surface area contributed by atoms with Crippen LogP contribution >= 0.6 is 11.6 Å². The van der Waals surface area contributed by atoms with E-state index in [0.717, 1.165) is 11.1 Å². The topological polar surface area (TPSA) is 91.8 Å². The Morgan fingerprint density at radius 1 is 0.705 bits per heavy atom. The van der Waals surface area contributed by atoms with E-state index >= 15 is 0 Å². The Hall–Kier alpha value is -3.34. The van der Waals surface area contributed by atoms with Gasteiger partial charge in [-0.2, -0.15) is 8.61 Å². The van der Waals surface area contributed by atoms with Crippen LogP contribution in [0.15, 0.2) is 113 Å². The number of carbonyl (C=O) groups excluding carboxylic acids is 1. The van der Waals surface area contributed by atoms with Gasteiger partial charge in [0.25, 0.3) is 0 Å². The van der Waals surface area contributed by atoms with Crippen molar-refractivity contribution in [2.45, 2.75) is 54.6 Å². The molecule has 0 aliphatic carbocycles. The summed E-state index contributed by atoms with van der Waals surface area (Å²) in [5.74, 6) is -1.01. The van der Waals surface area contributed by atoms with Gasteiger partial charge >= 0.3 is 0 Å². The van der Waals surface area contributed by atoms with Crippen LogP contribution < -0.4 is 0 Å². The van der Waals surface area contributed by atoms with Gasteiger partial charge < -0.3 is 0 Å². The Kier molecular flexibility index (Phi) is 8.28. The molecule has 2 saturated heterocycles. The fraction of sp³-hybridized carbons (Fsp3) is 0.265. The first kappa shape index (κ1) is 30.7. The molecule has 0 radical (unpaired) electrons. The maximum Gasteiger partial charge on any atom is 0.244 e. The molecule has 228 valence electrons. The molecule has 2 heterocycles. The normalized spacial score (nSPS) is 23.3. The lowest BCUT2D eigenvalue weighted by Gasteiger charge is -2.51. The van der Waals surface area contributed by atoms with Gasteiger partial charge in [-0.1, -0.05) is 90.0 Å². The van der Waals surface area contributed by atoms with Gasteiger partial charge in [0.2, 0.25) is 20.0 Å². The predicted octanol–water partition coefficient (Wildman–Crippen LogP) is 6.48. The Balaban J connectivity index is 1.51. The van der Waals surface area contributed by atoms with E-state index in [0.29, 0.717) is 16.1 Å². The molecule has 2 aliphatic rings. The highest BCUT2D eigenvalue weighted by Crippen LogP contribution is 2.48. The fourth-order valence-corrected chi connectivity index (χ4v) is 10.4. The van der Waals surface area contributed by atoms with E-state index < -0.39 is 44.1 Å². The first-order valence-electron chi connectivity index (χ1n) is 14.5. The van der Waals surface area contributed by atoms with Crippen LogP contribution in [-0.2, 0) is 24.8 Å². The van der Waals surface area contributed by atoms with Crippen molar-refractivity contribution in [3.63, 3.8) is 0 Å². The second kappa shape index (κ2) is 11.9. The van der Waals surface area contributed by atoms with Crippen molar-refractivity contribution in [1.82, 2.24) is 8.61 Å². The zero-order valence-electron chi connectivity index (χ0n) is 24.4. The van der Waals surface area contributed by atoms with Crippen molar-refractivity contribution < 1.29 is 21.6 Å². The number of sulfonamides is 2. The quantitative estimate of drug-likeness (QED) is 0.239. The maximum atomic E-state index is 14.7.